The second-order valence-electron chi connectivity index (χ2n) is 20.4. The molecular formula is C58H112O6. The van der Waals surface area contributed by atoms with Crippen LogP contribution >= 0.6 is 0 Å². The van der Waals surface area contributed by atoms with E-state index in [1.807, 2.05) is 0 Å². The molecule has 0 saturated heterocycles. The highest BCUT2D eigenvalue weighted by Gasteiger charge is 2.19. The Labute approximate surface area is 399 Å². The van der Waals surface area contributed by atoms with Crippen LogP contribution in [0, 0.1) is 5.92 Å². The molecule has 0 aliphatic carbocycles. The fourth-order valence-electron chi connectivity index (χ4n) is 8.92. The molecule has 0 N–H and O–H groups in total. The summed E-state index contributed by atoms with van der Waals surface area (Å²) in [6.45, 7) is 9.01. The zero-order valence-corrected chi connectivity index (χ0v) is 43.8. The molecule has 0 aromatic heterocycles. The minimum absolute atomic E-state index is 0.0627. The van der Waals surface area contributed by atoms with E-state index in [0.29, 0.717) is 19.3 Å². The Morgan fingerprint density at radius 3 is 0.766 bits per heavy atom. The van der Waals surface area contributed by atoms with Gasteiger partial charge in [0.25, 0.3) is 0 Å². The van der Waals surface area contributed by atoms with Crippen LogP contribution in [0.1, 0.15) is 329 Å². The highest BCUT2D eigenvalue weighted by Crippen LogP contribution is 2.18. The molecule has 0 aliphatic heterocycles. The number of hydrogen-bond donors (Lipinski definition) is 0. The fraction of sp³-hybridized carbons (Fsp3) is 0.948. The molecule has 0 radical (unpaired) electrons. The van der Waals surface area contributed by atoms with E-state index in [9.17, 15) is 14.4 Å². The molecule has 0 heterocycles. The molecule has 0 rings (SSSR count). The topological polar surface area (TPSA) is 78.9 Å². The molecule has 0 unspecified atom stereocenters. The molecule has 1 atom stereocenters. The molecule has 64 heavy (non-hydrogen) atoms. The van der Waals surface area contributed by atoms with Crippen LogP contribution in [-0.4, -0.2) is 37.2 Å². The van der Waals surface area contributed by atoms with Crippen LogP contribution in [0.5, 0.6) is 0 Å². The van der Waals surface area contributed by atoms with Crippen LogP contribution < -0.4 is 0 Å². The Morgan fingerprint density at radius 1 is 0.297 bits per heavy atom. The first-order valence-corrected chi connectivity index (χ1v) is 28.9. The van der Waals surface area contributed by atoms with Crippen LogP contribution in [0.4, 0.5) is 0 Å². The van der Waals surface area contributed by atoms with Gasteiger partial charge in [-0.3, -0.25) is 14.4 Å². The summed E-state index contributed by atoms with van der Waals surface area (Å²) in [5.41, 5.74) is 0. The number of ether oxygens (including phenoxy) is 3. The average Bonchev–Trinajstić information content (AvgIpc) is 3.28. The normalized spacial score (nSPS) is 12.0. The smallest absolute Gasteiger partial charge is 0.306 e. The number of carbonyl (C=O) groups excluding carboxylic acids is 3. The van der Waals surface area contributed by atoms with Crippen molar-refractivity contribution in [3.63, 3.8) is 0 Å². The quantitative estimate of drug-likeness (QED) is 0.0344. The summed E-state index contributed by atoms with van der Waals surface area (Å²) in [6.07, 6.45) is 56.8. The van der Waals surface area contributed by atoms with E-state index in [2.05, 4.69) is 27.7 Å². The van der Waals surface area contributed by atoms with Crippen LogP contribution in [-0.2, 0) is 28.6 Å². The monoisotopic (exact) mass is 905 g/mol. The van der Waals surface area contributed by atoms with E-state index in [4.69, 9.17) is 14.2 Å². The highest BCUT2D eigenvalue weighted by molar-refractivity contribution is 5.71. The van der Waals surface area contributed by atoms with Gasteiger partial charge in [0.05, 0.1) is 0 Å². The predicted molar refractivity (Wildman–Crippen MR) is 275 cm³/mol. The van der Waals surface area contributed by atoms with Crippen molar-refractivity contribution in [3.05, 3.63) is 0 Å². The Kier molecular flexibility index (Phi) is 51.1. The van der Waals surface area contributed by atoms with Crippen molar-refractivity contribution in [1.82, 2.24) is 0 Å². The first-order chi connectivity index (χ1) is 31.4. The third-order valence-electron chi connectivity index (χ3n) is 13.3. The third-order valence-corrected chi connectivity index (χ3v) is 13.3. The first kappa shape index (κ1) is 62.4. The standard InChI is InChI=1S/C58H112O6/c1-5-7-9-11-13-15-17-19-21-23-24-26-27-29-31-33-37-41-45-49-56(59)62-52-55(53-63-57(60)50-46-42-39-35-36-40-44-48-54(3)4)64-58(61)51-47-43-38-34-32-30-28-25-22-20-18-16-14-12-10-8-6-2/h54-55H,5-53H2,1-4H3/t55-/m1/s1. The molecule has 0 fully saturated rings. The summed E-state index contributed by atoms with van der Waals surface area (Å²) in [4.78, 5) is 38.1. The zero-order valence-electron chi connectivity index (χ0n) is 43.8. The molecule has 6 heteroatoms. The number of hydrogen-bond acceptors (Lipinski definition) is 6. The lowest BCUT2D eigenvalue weighted by Crippen LogP contribution is -2.30. The number of esters is 3. The number of carbonyl (C=O) groups is 3. The van der Waals surface area contributed by atoms with Gasteiger partial charge < -0.3 is 14.2 Å². The fourth-order valence-corrected chi connectivity index (χ4v) is 8.92. The molecular weight excluding hydrogens is 793 g/mol. The molecule has 0 aliphatic rings. The van der Waals surface area contributed by atoms with Crippen molar-refractivity contribution in [1.29, 1.82) is 0 Å². The molecule has 380 valence electrons. The maximum atomic E-state index is 12.8. The average molecular weight is 906 g/mol. The summed E-state index contributed by atoms with van der Waals surface area (Å²) >= 11 is 0. The molecule has 0 spiro atoms. The summed E-state index contributed by atoms with van der Waals surface area (Å²) in [5.74, 6) is -0.0588. The van der Waals surface area contributed by atoms with Gasteiger partial charge in [0.2, 0.25) is 0 Å². The van der Waals surface area contributed by atoms with Gasteiger partial charge in [0.15, 0.2) is 6.10 Å². The van der Waals surface area contributed by atoms with Gasteiger partial charge in [-0.05, 0) is 25.2 Å². The molecule has 6 nitrogen and oxygen atoms in total. The van der Waals surface area contributed by atoms with E-state index < -0.39 is 6.10 Å². The molecule has 0 aromatic rings. The lowest BCUT2D eigenvalue weighted by atomic mass is 10.0. The first-order valence-electron chi connectivity index (χ1n) is 28.9. The Hall–Kier alpha value is -1.59. The molecule has 0 amide bonds. The second kappa shape index (κ2) is 52.4. The summed E-state index contributed by atoms with van der Waals surface area (Å²) in [5, 5.41) is 0. The molecule has 0 aromatic carbocycles. The van der Waals surface area contributed by atoms with Crippen molar-refractivity contribution in [3.8, 4) is 0 Å². The van der Waals surface area contributed by atoms with E-state index >= 15 is 0 Å². The van der Waals surface area contributed by atoms with Crippen molar-refractivity contribution in [2.45, 2.75) is 336 Å². The minimum atomic E-state index is -0.762. The van der Waals surface area contributed by atoms with Gasteiger partial charge in [0, 0.05) is 19.3 Å². The van der Waals surface area contributed by atoms with Crippen molar-refractivity contribution in [2.24, 2.45) is 5.92 Å². The van der Waals surface area contributed by atoms with Gasteiger partial charge in [-0.15, -0.1) is 0 Å². The third kappa shape index (κ3) is 51.4. The maximum Gasteiger partial charge on any atom is 0.306 e. The van der Waals surface area contributed by atoms with Crippen LogP contribution in [0.15, 0.2) is 0 Å². The van der Waals surface area contributed by atoms with Crippen molar-refractivity contribution < 1.29 is 28.6 Å². The van der Waals surface area contributed by atoms with E-state index in [1.54, 1.807) is 0 Å². The van der Waals surface area contributed by atoms with Crippen LogP contribution in [0.3, 0.4) is 0 Å². The SMILES string of the molecule is CCCCCCCCCCCCCCCCCCCCCC(=O)OC[C@H](COC(=O)CCCCCCCCCC(C)C)OC(=O)CCCCCCCCCCCCCCCCCCC. The predicted octanol–water partition coefficient (Wildman–Crippen LogP) is 19.0. The molecule has 0 bridgehead atoms. The zero-order chi connectivity index (χ0) is 46.7. The Morgan fingerprint density at radius 2 is 0.516 bits per heavy atom. The lowest BCUT2D eigenvalue weighted by molar-refractivity contribution is -0.167. The van der Waals surface area contributed by atoms with Gasteiger partial charge in [-0.25, -0.2) is 0 Å². The van der Waals surface area contributed by atoms with E-state index in [-0.39, 0.29) is 31.1 Å². The van der Waals surface area contributed by atoms with Gasteiger partial charge >= 0.3 is 17.9 Å². The number of unbranched alkanes of at least 4 members (excludes halogenated alkanes) is 40. The van der Waals surface area contributed by atoms with Crippen LogP contribution in [0.2, 0.25) is 0 Å². The molecule has 0 saturated carbocycles. The minimum Gasteiger partial charge on any atom is -0.462 e. The Balaban J connectivity index is 4.23. The summed E-state index contributed by atoms with van der Waals surface area (Å²) in [7, 11) is 0. The Bertz CT molecular complexity index is 964. The van der Waals surface area contributed by atoms with E-state index in [0.717, 1.165) is 63.7 Å². The van der Waals surface area contributed by atoms with Gasteiger partial charge in [-0.2, -0.15) is 0 Å². The van der Waals surface area contributed by atoms with Gasteiger partial charge in [0.1, 0.15) is 13.2 Å². The number of rotatable bonds is 53. The van der Waals surface area contributed by atoms with E-state index in [1.165, 1.54) is 225 Å². The van der Waals surface area contributed by atoms with Crippen molar-refractivity contribution in [2.75, 3.05) is 13.2 Å². The van der Waals surface area contributed by atoms with Crippen LogP contribution in [0.25, 0.3) is 0 Å². The highest BCUT2D eigenvalue weighted by atomic mass is 16.6. The summed E-state index contributed by atoms with van der Waals surface area (Å²) < 4.78 is 16.9. The summed E-state index contributed by atoms with van der Waals surface area (Å²) in [6, 6.07) is 0. The lowest BCUT2D eigenvalue weighted by Gasteiger charge is -2.18. The van der Waals surface area contributed by atoms with Crippen molar-refractivity contribution >= 4 is 17.9 Å². The van der Waals surface area contributed by atoms with Gasteiger partial charge in [-0.1, -0.05) is 291 Å². The second-order valence-corrected chi connectivity index (χ2v) is 20.4. The maximum absolute atomic E-state index is 12.8. The largest absolute Gasteiger partial charge is 0.462 e.